The lowest BCUT2D eigenvalue weighted by atomic mass is 10.2. The second-order valence-corrected chi connectivity index (χ2v) is 16.1. The van der Waals surface area contributed by atoms with Gasteiger partial charge in [0, 0.05) is 41.5 Å². The maximum absolute atomic E-state index is 13.5. The number of nitrogens with one attached hydrogen (secondary N) is 3. The molecule has 1 aliphatic rings. The fraction of sp³-hybridized carbons (Fsp3) is 0.500. The van der Waals surface area contributed by atoms with E-state index >= 15 is 0 Å². The normalized spacial score (nSPS) is 15.6. The molecule has 0 radical (unpaired) electrons. The minimum atomic E-state index is -3.79. The van der Waals surface area contributed by atoms with Gasteiger partial charge in [0.1, 0.15) is 18.0 Å². The summed E-state index contributed by atoms with van der Waals surface area (Å²) in [4.78, 5) is 23.6. The van der Waals surface area contributed by atoms with E-state index in [4.69, 9.17) is 23.0 Å². The van der Waals surface area contributed by atoms with Gasteiger partial charge in [-0.2, -0.15) is 5.10 Å². The van der Waals surface area contributed by atoms with E-state index in [2.05, 4.69) is 35.7 Å². The van der Waals surface area contributed by atoms with Crippen molar-refractivity contribution in [2.24, 2.45) is 0 Å². The number of hydrogen-bond donors (Lipinski definition) is 3. The van der Waals surface area contributed by atoms with Crippen LogP contribution in [-0.2, 0) is 29.4 Å². The lowest BCUT2D eigenvalue weighted by molar-refractivity contribution is -0.115. The van der Waals surface area contributed by atoms with Crippen LogP contribution >= 0.6 is 7.82 Å². The highest BCUT2D eigenvalue weighted by Gasteiger charge is 2.38. The first-order chi connectivity index (χ1) is 24.6. The number of aromatic nitrogens is 4. The van der Waals surface area contributed by atoms with E-state index in [0.29, 0.717) is 52.0 Å². The molecule has 0 bridgehead atoms. The molecular formula is C36H49FN7O7P. The molecule has 0 aliphatic carbocycles. The van der Waals surface area contributed by atoms with Crippen LogP contribution in [0.25, 0.3) is 10.9 Å². The van der Waals surface area contributed by atoms with Crippen molar-refractivity contribution in [1.29, 1.82) is 0 Å². The van der Waals surface area contributed by atoms with Crippen molar-refractivity contribution in [1.82, 2.24) is 25.1 Å². The quantitative estimate of drug-likeness (QED) is 0.0771. The van der Waals surface area contributed by atoms with Gasteiger partial charge in [0.15, 0.2) is 17.3 Å². The first-order valence-corrected chi connectivity index (χ1v) is 18.8. The Morgan fingerprint density at radius 1 is 1.06 bits per heavy atom. The summed E-state index contributed by atoms with van der Waals surface area (Å²) >= 11 is 0. The first-order valence-electron chi connectivity index (χ1n) is 17.3. The number of carbonyl (C=O) groups excluding carboxylic acids is 1. The van der Waals surface area contributed by atoms with E-state index in [9.17, 15) is 13.8 Å². The second-order valence-electron chi connectivity index (χ2n) is 14.6. The highest BCUT2D eigenvalue weighted by Crippen LogP contribution is 2.55. The Morgan fingerprint density at radius 3 is 2.54 bits per heavy atom. The van der Waals surface area contributed by atoms with Gasteiger partial charge in [-0.15, -0.1) is 0 Å². The number of ether oxygens (including phenoxy) is 2. The van der Waals surface area contributed by atoms with Crippen LogP contribution in [0.2, 0.25) is 0 Å². The van der Waals surface area contributed by atoms with Crippen molar-refractivity contribution in [2.45, 2.75) is 84.5 Å². The Bertz CT molecular complexity index is 1860. The van der Waals surface area contributed by atoms with Crippen LogP contribution in [0.5, 0.6) is 11.5 Å². The molecule has 5 rings (SSSR count). The molecule has 2 aromatic carbocycles. The van der Waals surface area contributed by atoms with E-state index < -0.39 is 24.8 Å². The number of H-pyrrole nitrogens is 1. The van der Waals surface area contributed by atoms with E-state index in [1.807, 2.05) is 47.6 Å². The second kappa shape index (κ2) is 16.7. The number of nitrogens with zero attached hydrogens (tertiary/aromatic N) is 4. The monoisotopic (exact) mass is 741 g/mol. The number of carbonyl (C=O) groups is 1. The SMILES string of the molecule is COc1cc2c(Nc3cc(CC(=O)Nc4cccc(F)c4)[nH]n3)ncnc2cc1OCCCN1CCC[C@H]1COP(=O)(OC(C)(C)C)OC(C)(C)C. The summed E-state index contributed by atoms with van der Waals surface area (Å²) in [5.41, 5.74) is 0.173. The number of fused-ring (bicyclic) bond motifs is 1. The third kappa shape index (κ3) is 11.4. The number of halogens is 1. The van der Waals surface area contributed by atoms with E-state index in [-0.39, 0.29) is 25.0 Å². The van der Waals surface area contributed by atoms with Gasteiger partial charge in [0.05, 0.1) is 43.5 Å². The van der Waals surface area contributed by atoms with Gasteiger partial charge < -0.3 is 20.1 Å². The van der Waals surface area contributed by atoms with Gasteiger partial charge in [0.2, 0.25) is 5.91 Å². The molecule has 1 atom stereocenters. The molecule has 14 nitrogen and oxygen atoms in total. The van der Waals surface area contributed by atoms with Crippen LogP contribution in [0, 0.1) is 5.82 Å². The third-order valence-corrected chi connectivity index (χ3v) is 9.81. The number of methoxy groups -OCH3 is 1. The summed E-state index contributed by atoms with van der Waals surface area (Å²) in [6.45, 7) is 13.3. The highest BCUT2D eigenvalue weighted by molar-refractivity contribution is 7.48. The van der Waals surface area contributed by atoms with Gasteiger partial charge in [-0.1, -0.05) is 6.07 Å². The fourth-order valence-electron chi connectivity index (χ4n) is 5.77. The maximum Gasteiger partial charge on any atom is 0.475 e. The summed E-state index contributed by atoms with van der Waals surface area (Å²) in [5.74, 6) is 1.25. The van der Waals surface area contributed by atoms with E-state index in [0.717, 1.165) is 32.4 Å². The zero-order chi connectivity index (χ0) is 37.5. The zero-order valence-electron chi connectivity index (χ0n) is 30.8. The average molecular weight is 742 g/mol. The maximum atomic E-state index is 13.5. The number of benzene rings is 2. The number of aromatic amines is 1. The predicted molar refractivity (Wildman–Crippen MR) is 197 cm³/mol. The molecule has 4 aromatic rings. The Balaban J connectivity index is 1.15. The Kier molecular flexibility index (Phi) is 12.5. The molecule has 16 heteroatoms. The summed E-state index contributed by atoms with van der Waals surface area (Å²) < 4.78 is 56.3. The lowest BCUT2D eigenvalue weighted by Gasteiger charge is -2.32. The molecule has 1 saturated heterocycles. The van der Waals surface area contributed by atoms with Crippen LogP contribution < -0.4 is 20.1 Å². The van der Waals surface area contributed by atoms with Crippen LogP contribution in [0.1, 0.15) is 66.5 Å². The average Bonchev–Trinajstić information content (AvgIpc) is 3.69. The number of phosphoric acid groups is 1. The van der Waals surface area contributed by atoms with Crippen LogP contribution in [0.15, 0.2) is 48.8 Å². The number of amides is 1. The third-order valence-electron chi connectivity index (χ3n) is 7.80. The van der Waals surface area contributed by atoms with Crippen molar-refractivity contribution < 1.29 is 36.8 Å². The van der Waals surface area contributed by atoms with Crippen molar-refractivity contribution >= 4 is 42.0 Å². The number of phosphoric ester groups is 1. The molecule has 0 saturated carbocycles. The molecule has 1 amide bonds. The van der Waals surface area contributed by atoms with E-state index in [1.54, 1.807) is 25.3 Å². The molecule has 52 heavy (non-hydrogen) atoms. The van der Waals surface area contributed by atoms with Gasteiger partial charge in [-0.25, -0.2) is 18.9 Å². The van der Waals surface area contributed by atoms with Crippen molar-refractivity contribution in [3.63, 3.8) is 0 Å². The molecule has 3 heterocycles. The molecule has 282 valence electrons. The van der Waals surface area contributed by atoms with Gasteiger partial charge in [-0.3, -0.25) is 28.4 Å². The number of likely N-dealkylation sites (tertiary alicyclic amines) is 1. The highest BCUT2D eigenvalue weighted by atomic mass is 31.2. The first kappa shape index (κ1) is 39.1. The Hall–Kier alpha value is -4.14. The minimum absolute atomic E-state index is 0.0112. The predicted octanol–water partition coefficient (Wildman–Crippen LogP) is 7.41. The summed E-state index contributed by atoms with van der Waals surface area (Å²) in [6.07, 6.45) is 4.13. The molecule has 0 unspecified atom stereocenters. The summed E-state index contributed by atoms with van der Waals surface area (Å²) in [6, 6.07) is 11.1. The lowest BCUT2D eigenvalue weighted by Crippen LogP contribution is -2.35. The Labute approximate surface area is 303 Å². The van der Waals surface area contributed by atoms with E-state index in [1.165, 1.54) is 24.5 Å². The van der Waals surface area contributed by atoms with Crippen LogP contribution in [0.3, 0.4) is 0 Å². The minimum Gasteiger partial charge on any atom is -0.493 e. The number of rotatable bonds is 16. The summed E-state index contributed by atoms with van der Waals surface area (Å²) in [7, 11) is -2.22. The molecule has 1 aliphatic heterocycles. The van der Waals surface area contributed by atoms with Gasteiger partial charge >= 0.3 is 7.82 Å². The molecule has 0 spiro atoms. The van der Waals surface area contributed by atoms with Gasteiger partial charge in [0.25, 0.3) is 0 Å². The van der Waals surface area contributed by atoms with Crippen LogP contribution in [0.4, 0.5) is 21.7 Å². The zero-order valence-corrected chi connectivity index (χ0v) is 31.7. The smallest absolute Gasteiger partial charge is 0.475 e. The largest absolute Gasteiger partial charge is 0.493 e. The molecular weight excluding hydrogens is 692 g/mol. The fourth-order valence-corrected chi connectivity index (χ4v) is 7.60. The standard InChI is InChI=1S/C36H49FN7O7P/c1-35(2,3)50-52(46,51-36(4,5)6)49-22-27-13-9-14-44(27)15-10-16-48-31-21-29-28(20-30(31)47-7)34(39-23-38-29)41-32-18-26(42-43-32)19-33(45)40-25-12-8-11-24(37)17-25/h8,11-12,17-18,20-21,23,27H,9-10,13-16,19,22H2,1-7H3,(H,40,45)(H2,38,39,41,42,43)/t27-/m0/s1. The number of hydrogen-bond acceptors (Lipinski definition) is 12. The molecule has 1 fully saturated rings. The van der Waals surface area contributed by atoms with Gasteiger partial charge in [-0.05, 0) is 91.6 Å². The molecule has 2 aromatic heterocycles. The number of anilines is 3. The van der Waals surface area contributed by atoms with Crippen molar-refractivity contribution in [2.75, 3.05) is 44.0 Å². The van der Waals surface area contributed by atoms with Crippen molar-refractivity contribution in [3.8, 4) is 11.5 Å². The van der Waals surface area contributed by atoms with Crippen molar-refractivity contribution in [3.05, 3.63) is 60.3 Å². The molecule has 3 N–H and O–H groups in total. The summed E-state index contributed by atoms with van der Waals surface area (Å²) in [5, 5.41) is 13.6. The topological polar surface area (TPSA) is 162 Å². The van der Waals surface area contributed by atoms with Crippen LogP contribution in [-0.4, -0.2) is 81.6 Å². The Morgan fingerprint density at radius 2 is 1.83 bits per heavy atom.